The molecule has 0 saturated carbocycles. The Morgan fingerprint density at radius 3 is 2.71 bits per heavy atom. The number of para-hydroxylation sites is 1. The molecule has 0 spiro atoms. The van der Waals surface area contributed by atoms with E-state index in [0.29, 0.717) is 0 Å². The third-order valence-corrected chi connectivity index (χ3v) is 2.04. The van der Waals surface area contributed by atoms with Gasteiger partial charge in [0.2, 0.25) is 11.2 Å². The molecule has 1 aromatic heterocycles. The molecule has 0 saturated heterocycles. The molecule has 1 aromatic carbocycles. The van der Waals surface area contributed by atoms with Gasteiger partial charge in [0.25, 0.3) is 0 Å². The van der Waals surface area contributed by atoms with Crippen LogP contribution in [0.15, 0.2) is 27.4 Å². The van der Waals surface area contributed by atoms with Crippen molar-refractivity contribution in [1.82, 2.24) is 0 Å². The number of phenols is 1. The third kappa shape index (κ3) is 1.04. The minimum absolute atomic E-state index is 0.101. The fourth-order valence-electron chi connectivity index (χ4n) is 1.30. The number of benzene rings is 1. The summed E-state index contributed by atoms with van der Waals surface area (Å²) in [6.45, 7) is 1.46. The minimum Gasteiger partial charge on any atom is -0.504 e. The smallest absolute Gasteiger partial charge is 0.234 e. The summed E-state index contributed by atoms with van der Waals surface area (Å²) >= 11 is 0. The number of aryl methyl sites for hydroxylation is 1. The third-order valence-electron chi connectivity index (χ3n) is 2.04. The molecular formula is C10H8O4. The Hall–Kier alpha value is -1.97. The van der Waals surface area contributed by atoms with Crippen LogP contribution in [0.1, 0.15) is 5.76 Å². The van der Waals surface area contributed by atoms with Gasteiger partial charge in [0.1, 0.15) is 5.76 Å². The number of phenolic OH excluding ortho intramolecular Hbond substituents is 1. The molecule has 0 fully saturated rings. The van der Waals surface area contributed by atoms with Crippen molar-refractivity contribution >= 4 is 11.0 Å². The first-order chi connectivity index (χ1) is 6.61. The van der Waals surface area contributed by atoms with E-state index in [4.69, 9.17) is 4.42 Å². The molecule has 0 aliphatic carbocycles. The summed E-state index contributed by atoms with van der Waals surface area (Å²) in [6, 6.07) is 4.42. The van der Waals surface area contributed by atoms with Crippen LogP contribution in [-0.4, -0.2) is 10.2 Å². The van der Waals surface area contributed by atoms with Gasteiger partial charge in [-0.2, -0.15) is 0 Å². The van der Waals surface area contributed by atoms with Crippen LogP contribution in [0.2, 0.25) is 0 Å². The summed E-state index contributed by atoms with van der Waals surface area (Å²) in [5.74, 6) is -0.421. The van der Waals surface area contributed by atoms with Gasteiger partial charge in [-0.25, -0.2) is 0 Å². The van der Waals surface area contributed by atoms with Gasteiger partial charge in [-0.05, 0) is 19.1 Å². The predicted molar refractivity (Wildman–Crippen MR) is 50.6 cm³/mol. The Labute approximate surface area is 79.0 Å². The Morgan fingerprint density at radius 2 is 2.00 bits per heavy atom. The molecule has 2 N–H and O–H groups in total. The Kier molecular flexibility index (Phi) is 1.70. The van der Waals surface area contributed by atoms with Gasteiger partial charge in [0, 0.05) is 0 Å². The van der Waals surface area contributed by atoms with E-state index >= 15 is 0 Å². The summed E-state index contributed by atoms with van der Waals surface area (Å²) in [5, 5.41) is 18.9. The second kappa shape index (κ2) is 2.77. The average Bonchev–Trinajstić information content (AvgIpc) is 2.17. The summed E-state index contributed by atoms with van der Waals surface area (Å²) in [6.07, 6.45) is 0. The van der Waals surface area contributed by atoms with E-state index in [2.05, 4.69) is 0 Å². The normalized spacial score (nSPS) is 10.6. The predicted octanol–water partition coefficient (Wildman–Crippen LogP) is 1.51. The fraction of sp³-hybridized carbons (Fsp3) is 0.100. The second-order valence-electron chi connectivity index (χ2n) is 2.99. The molecule has 0 atom stereocenters. The van der Waals surface area contributed by atoms with Crippen LogP contribution in [0.4, 0.5) is 0 Å². The SMILES string of the molecule is Cc1oc2c(O)cccc2c(=O)c1O. The molecule has 2 rings (SSSR count). The van der Waals surface area contributed by atoms with Crippen LogP contribution in [0, 0.1) is 6.92 Å². The van der Waals surface area contributed by atoms with Gasteiger partial charge < -0.3 is 14.6 Å². The maximum atomic E-state index is 11.5. The summed E-state index contributed by atoms with van der Waals surface area (Å²) in [5.41, 5.74) is -0.424. The molecule has 2 aromatic rings. The topological polar surface area (TPSA) is 70.7 Å². The van der Waals surface area contributed by atoms with Crippen molar-refractivity contribution in [2.24, 2.45) is 0 Å². The van der Waals surface area contributed by atoms with Crippen molar-refractivity contribution in [3.63, 3.8) is 0 Å². The Morgan fingerprint density at radius 1 is 1.29 bits per heavy atom. The van der Waals surface area contributed by atoms with Gasteiger partial charge in [0.15, 0.2) is 11.3 Å². The molecule has 0 aliphatic heterocycles. The Bertz CT molecular complexity index is 554. The van der Waals surface area contributed by atoms with Crippen molar-refractivity contribution in [2.45, 2.75) is 6.92 Å². The lowest BCUT2D eigenvalue weighted by molar-refractivity contribution is 0.417. The maximum Gasteiger partial charge on any atom is 0.234 e. The number of fused-ring (bicyclic) bond motifs is 1. The number of hydrogen-bond donors (Lipinski definition) is 2. The standard InChI is InChI=1S/C10H8O4/c1-5-8(12)9(13)6-3-2-4-7(11)10(6)14-5/h2-4,11-12H,1H3. The highest BCUT2D eigenvalue weighted by Crippen LogP contribution is 2.25. The highest BCUT2D eigenvalue weighted by molar-refractivity contribution is 5.83. The van der Waals surface area contributed by atoms with E-state index in [1.807, 2.05) is 0 Å². The Balaban J connectivity index is 3.06. The van der Waals surface area contributed by atoms with Gasteiger partial charge in [-0.1, -0.05) is 6.07 Å². The van der Waals surface area contributed by atoms with Crippen LogP contribution in [0.3, 0.4) is 0 Å². The van der Waals surface area contributed by atoms with Gasteiger partial charge in [-0.15, -0.1) is 0 Å². The zero-order valence-corrected chi connectivity index (χ0v) is 7.44. The molecule has 0 bridgehead atoms. The lowest BCUT2D eigenvalue weighted by atomic mass is 10.2. The van der Waals surface area contributed by atoms with Gasteiger partial charge in [0.05, 0.1) is 5.39 Å². The van der Waals surface area contributed by atoms with Crippen LogP contribution < -0.4 is 5.43 Å². The highest BCUT2D eigenvalue weighted by Gasteiger charge is 2.11. The van der Waals surface area contributed by atoms with E-state index in [1.165, 1.54) is 25.1 Å². The molecule has 0 radical (unpaired) electrons. The molecular weight excluding hydrogens is 184 g/mol. The average molecular weight is 192 g/mol. The molecule has 4 nitrogen and oxygen atoms in total. The van der Waals surface area contributed by atoms with Crippen molar-refractivity contribution in [2.75, 3.05) is 0 Å². The lowest BCUT2D eigenvalue weighted by Crippen LogP contribution is -2.02. The van der Waals surface area contributed by atoms with Crippen molar-refractivity contribution in [3.8, 4) is 11.5 Å². The maximum absolute atomic E-state index is 11.5. The molecule has 1 heterocycles. The summed E-state index contributed by atoms with van der Waals surface area (Å²) in [4.78, 5) is 11.5. The van der Waals surface area contributed by atoms with E-state index in [-0.39, 0.29) is 22.5 Å². The lowest BCUT2D eigenvalue weighted by Gasteiger charge is -2.02. The van der Waals surface area contributed by atoms with Crippen molar-refractivity contribution in [3.05, 3.63) is 34.2 Å². The fourth-order valence-corrected chi connectivity index (χ4v) is 1.30. The number of aromatic hydroxyl groups is 2. The number of rotatable bonds is 0. The first-order valence-corrected chi connectivity index (χ1v) is 4.05. The van der Waals surface area contributed by atoms with Crippen LogP contribution >= 0.6 is 0 Å². The summed E-state index contributed by atoms with van der Waals surface area (Å²) < 4.78 is 5.10. The monoisotopic (exact) mass is 192 g/mol. The van der Waals surface area contributed by atoms with Crippen LogP contribution in [0.25, 0.3) is 11.0 Å². The van der Waals surface area contributed by atoms with Crippen molar-refractivity contribution < 1.29 is 14.6 Å². The molecule has 0 unspecified atom stereocenters. The molecule has 0 amide bonds. The zero-order valence-electron chi connectivity index (χ0n) is 7.44. The van der Waals surface area contributed by atoms with Gasteiger partial charge in [-0.3, -0.25) is 4.79 Å². The minimum atomic E-state index is -0.528. The van der Waals surface area contributed by atoms with Gasteiger partial charge >= 0.3 is 0 Å². The second-order valence-corrected chi connectivity index (χ2v) is 2.99. The van der Waals surface area contributed by atoms with Crippen molar-refractivity contribution in [1.29, 1.82) is 0 Å². The largest absolute Gasteiger partial charge is 0.504 e. The summed E-state index contributed by atoms with van der Waals surface area (Å²) in [7, 11) is 0. The first kappa shape index (κ1) is 8.62. The van der Waals surface area contributed by atoms with E-state index in [9.17, 15) is 15.0 Å². The molecule has 4 heteroatoms. The quantitative estimate of drug-likeness (QED) is 0.663. The molecule has 14 heavy (non-hydrogen) atoms. The van der Waals surface area contributed by atoms with E-state index in [1.54, 1.807) is 0 Å². The molecule has 72 valence electrons. The molecule has 0 aliphatic rings. The van der Waals surface area contributed by atoms with Crippen LogP contribution in [-0.2, 0) is 0 Å². The highest BCUT2D eigenvalue weighted by atomic mass is 16.4. The van der Waals surface area contributed by atoms with E-state index < -0.39 is 11.2 Å². The zero-order chi connectivity index (χ0) is 10.3. The van der Waals surface area contributed by atoms with E-state index in [0.717, 1.165) is 0 Å². The van der Waals surface area contributed by atoms with Crippen LogP contribution in [0.5, 0.6) is 11.5 Å². The number of hydrogen-bond acceptors (Lipinski definition) is 4. The first-order valence-electron chi connectivity index (χ1n) is 4.05.